The van der Waals surface area contributed by atoms with E-state index in [0.717, 1.165) is 0 Å². The van der Waals surface area contributed by atoms with Gasteiger partial charge in [-0.2, -0.15) is 0 Å². The van der Waals surface area contributed by atoms with Crippen molar-refractivity contribution in [2.45, 2.75) is 30.9 Å². The molecular weight excluding hydrogens is 458 g/mol. The Labute approximate surface area is 201 Å². The summed E-state index contributed by atoms with van der Waals surface area (Å²) < 4.78 is 40.3. The minimum Gasteiger partial charge on any atom is -0.497 e. The highest BCUT2D eigenvalue weighted by molar-refractivity contribution is 7.92. The van der Waals surface area contributed by atoms with Crippen LogP contribution in [-0.4, -0.2) is 82.3 Å². The van der Waals surface area contributed by atoms with E-state index in [1.165, 1.54) is 19.2 Å². The summed E-state index contributed by atoms with van der Waals surface area (Å²) in [5, 5.41) is 9.75. The van der Waals surface area contributed by atoms with Crippen molar-refractivity contribution < 1.29 is 27.8 Å². The second-order valence-electron chi connectivity index (χ2n) is 8.85. The van der Waals surface area contributed by atoms with Gasteiger partial charge in [-0.1, -0.05) is 13.0 Å². The van der Waals surface area contributed by atoms with Crippen LogP contribution in [0.3, 0.4) is 0 Å². The molecule has 1 aliphatic rings. The second-order valence-corrected chi connectivity index (χ2v) is 10.5. The van der Waals surface area contributed by atoms with Crippen molar-refractivity contribution in [1.29, 1.82) is 0 Å². The molecular formula is C24H33N3O6S. The number of benzene rings is 2. The summed E-state index contributed by atoms with van der Waals surface area (Å²) in [6, 6.07) is 10.4. The van der Waals surface area contributed by atoms with Crippen molar-refractivity contribution in [3.8, 4) is 11.5 Å². The number of carbonyl (C=O) groups excluding carboxylic acids is 1. The molecule has 0 unspecified atom stereocenters. The Morgan fingerprint density at radius 2 is 1.91 bits per heavy atom. The zero-order valence-corrected chi connectivity index (χ0v) is 21.0. The summed E-state index contributed by atoms with van der Waals surface area (Å²) in [6.07, 6.45) is -0.318. The Hall–Kier alpha value is -2.82. The molecule has 10 heteroatoms. The first kappa shape index (κ1) is 25.8. The van der Waals surface area contributed by atoms with Gasteiger partial charge in [0.25, 0.3) is 15.9 Å². The molecule has 9 nitrogen and oxygen atoms in total. The van der Waals surface area contributed by atoms with Gasteiger partial charge in [0.2, 0.25) is 0 Å². The van der Waals surface area contributed by atoms with Crippen LogP contribution in [0.5, 0.6) is 11.5 Å². The van der Waals surface area contributed by atoms with Crippen LogP contribution >= 0.6 is 0 Å². The topological polar surface area (TPSA) is 108 Å². The molecule has 2 aromatic carbocycles. The summed E-state index contributed by atoms with van der Waals surface area (Å²) >= 11 is 0. The minimum atomic E-state index is -3.96. The zero-order valence-electron chi connectivity index (χ0n) is 20.2. The maximum Gasteiger partial charge on any atom is 0.262 e. The Balaban J connectivity index is 2.07. The van der Waals surface area contributed by atoms with Gasteiger partial charge in [-0.15, -0.1) is 0 Å². The lowest BCUT2D eigenvalue weighted by Gasteiger charge is -2.38. The molecule has 0 aliphatic carbocycles. The van der Waals surface area contributed by atoms with Crippen LogP contribution in [0, 0.1) is 5.92 Å². The fourth-order valence-corrected chi connectivity index (χ4v) is 4.92. The third kappa shape index (κ3) is 5.63. The number of nitrogens with one attached hydrogen (secondary N) is 1. The molecule has 1 heterocycles. The first-order valence-electron chi connectivity index (χ1n) is 11.1. The molecule has 186 valence electrons. The van der Waals surface area contributed by atoms with Crippen molar-refractivity contribution >= 4 is 21.6 Å². The standard InChI is InChI=1S/C24H33N3O6S/c1-16-13-27(17(2)15-28)24(29)20-7-6-8-21(23(20)33-22(16)14-26(3)4)25-34(30,31)19-11-9-18(32-5)10-12-19/h6-12,16-17,22,25,28H,13-15H2,1-5H3/t16-,17-,22+/m1/s1. The van der Waals surface area contributed by atoms with Gasteiger partial charge in [0, 0.05) is 19.0 Å². The number of carbonyl (C=O) groups is 1. The van der Waals surface area contributed by atoms with Crippen LogP contribution in [0.2, 0.25) is 0 Å². The Bertz CT molecular complexity index is 1100. The quantitative estimate of drug-likeness (QED) is 0.583. The number of para-hydroxylation sites is 1. The van der Waals surface area contributed by atoms with Gasteiger partial charge in [-0.25, -0.2) is 8.42 Å². The van der Waals surface area contributed by atoms with E-state index in [0.29, 0.717) is 18.8 Å². The molecule has 0 radical (unpaired) electrons. The molecule has 0 bridgehead atoms. The maximum absolute atomic E-state index is 13.5. The first-order chi connectivity index (χ1) is 16.1. The van der Waals surface area contributed by atoms with Crippen molar-refractivity contribution in [3.05, 3.63) is 48.0 Å². The van der Waals surface area contributed by atoms with Crippen LogP contribution in [0.15, 0.2) is 47.4 Å². The number of likely N-dealkylation sites (N-methyl/N-ethyl adjacent to an activating group) is 1. The summed E-state index contributed by atoms with van der Waals surface area (Å²) in [5.41, 5.74) is 0.419. The van der Waals surface area contributed by atoms with Crippen molar-refractivity contribution in [1.82, 2.24) is 9.80 Å². The number of aliphatic hydroxyl groups is 1. The number of hydrogen-bond acceptors (Lipinski definition) is 7. The molecule has 3 atom stereocenters. The predicted octanol–water partition coefficient (Wildman–Crippen LogP) is 2.28. The molecule has 0 fully saturated rings. The lowest BCUT2D eigenvalue weighted by atomic mass is 9.99. The first-order valence-corrected chi connectivity index (χ1v) is 12.6. The molecule has 2 aromatic rings. The van der Waals surface area contributed by atoms with Crippen LogP contribution in [-0.2, 0) is 10.0 Å². The number of amides is 1. The highest BCUT2D eigenvalue weighted by atomic mass is 32.2. The minimum absolute atomic E-state index is 0.0526. The summed E-state index contributed by atoms with van der Waals surface area (Å²) in [5.74, 6) is 0.325. The smallest absolute Gasteiger partial charge is 0.262 e. The number of hydrogen-bond donors (Lipinski definition) is 2. The van der Waals surface area contributed by atoms with Crippen molar-refractivity contribution in [3.63, 3.8) is 0 Å². The summed E-state index contributed by atoms with van der Waals surface area (Å²) in [7, 11) is 1.39. The van der Waals surface area contributed by atoms with Crippen LogP contribution < -0.4 is 14.2 Å². The van der Waals surface area contributed by atoms with E-state index in [9.17, 15) is 18.3 Å². The van der Waals surface area contributed by atoms with E-state index in [4.69, 9.17) is 9.47 Å². The van der Waals surface area contributed by atoms with Gasteiger partial charge in [0.05, 0.1) is 35.9 Å². The average Bonchev–Trinajstić information content (AvgIpc) is 2.80. The Kier molecular flexibility index (Phi) is 8.06. The Morgan fingerprint density at radius 1 is 1.24 bits per heavy atom. The lowest BCUT2D eigenvalue weighted by Crippen LogP contribution is -2.49. The monoisotopic (exact) mass is 491 g/mol. The van der Waals surface area contributed by atoms with E-state index in [2.05, 4.69) is 4.72 Å². The molecule has 34 heavy (non-hydrogen) atoms. The third-order valence-corrected chi connectivity index (χ3v) is 7.23. The van der Waals surface area contributed by atoms with Gasteiger partial charge in [-0.3, -0.25) is 9.52 Å². The Morgan fingerprint density at radius 3 is 2.50 bits per heavy atom. The molecule has 0 spiro atoms. The van der Waals surface area contributed by atoms with Crippen molar-refractivity contribution in [2.24, 2.45) is 5.92 Å². The van der Waals surface area contributed by atoms with E-state index in [1.54, 1.807) is 42.2 Å². The zero-order chi connectivity index (χ0) is 25.0. The predicted molar refractivity (Wildman–Crippen MR) is 130 cm³/mol. The SMILES string of the molecule is COc1ccc(S(=O)(=O)Nc2cccc3c2O[C@@H](CN(C)C)[C@H](C)CN([C@H](C)CO)C3=O)cc1. The molecule has 0 saturated heterocycles. The molecule has 2 N–H and O–H groups in total. The summed E-state index contributed by atoms with van der Waals surface area (Å²) in [6.45, 7) is 4.55. The van der Waals surface area contributed by atoms with Gasteiger partial charge < -0.3 is 24.4 Å². The maximum atomic E-state index is 13.5. The largest absolute Gasteiger partial charge is 0.497 e. The number of anilines is 1. The normalized spacial score (nSPS) is 19.6. The van der Waals surface area contributed by atoms with Crippen molar-refractivity contribution in [2.75, 3.05) is 45.6 Å². The van der Waals surface area contributed by atoms with Gasteiger partial charge in [-0.05, 0) is 57.4 Å². The lowest BCUT2D eigenvalue weighted by molar-refractivity contribution is 0.0366. The van der Waals surface area contributed by atoms with E-state index >= 15 is 0 Å². The fourth-order valence-electron chi connectivity index (χ4n) is 3.86. The molecule has 1 aliphatic heterocycles. The highest BCUT2D eigenvalue weighted by Crippen LogP contribution is 2.36. The van der Waals surface area contributed by atoms with E-state index in [-0.39, 0.29) is 46.4 Å². The second kappa shape index (κ2) is 10.6. The number of nitrogens with zero attached hydrogens (tertiary/aromatic N) is 2. The molecule has 0 saturated carbocycles. The number of fused-ring (bicyclic) bond motifs is 1. The third-order valence-electron chi connectivity index (χ3n) is 5.85. The van der Waals surface area contributed by atoms with Gasteiger partial charge >= 0.3 is 0 Å². The molecule has 3 rings (SSSR count). The van der Waals surface area contributed by atoms with E-state index in [1.807, 2.05) is 25.9 Å². The van der Waals surface area contributed by atoms with E-state index < -0.39 is 16.1 Å². The summed E-state index contributed by atoms with van der Waals surface area (Å²) in [4.78, 5) is 17.1. The molecule has 1 amide bonds. The number of aliphatic hydroxyl groups excluding tert-OH is 1. The number of ether oxygens (including phenoxy) is 2. The number of rotatable bonds is 8. The molecule has 0 aromatic heterocycles. The van der Waals surface area contributed by atoms with Gasteiger partial charge in [0.1, 0.15) is 11.9 Å². The number of sulfonamides is 1. The highest BCUT2D eigenvalue weighted by Gasteiger charge is 2.34. The van der Waals surface area contributed by atoms with Gasteiger partial charge in [0.15, 0.2) is 5.75 Å². The van der Waals surface area contributed by atoms with Crippen LogP contribution in [0.4, 0.5) is 5.69 Å². The average molecular weight is 492 g/mol. The van der Waals surface area contributed by atoms with Crippen LogP contribution in [0.1, 0.15) is 24.2 Å². The fraction of sp³-hybridized carbons (Fsp3) is 0.458. The van der Waals surface area contributed by atoms with Crippen LogP contribution in [0.25, 0.3) is 0 Å². The number of methoxy groups -OCH3 is 1.